The Hall–Kier alpha value is -1.35. The molecule has 1 fully saturated rings. The highest BCUT2D eigenvalue weighted by Gasteiger charge is 2.25. The first-order chi connectivity index (χ1) is 9.11. The molecule has 0 aromatic heterocycles. The first-order valence-corrected chi connectivity index (χ1v) is 7.21. The number of nitrogens with two attached hydrogens (primary N) is 1. The molecule has 3 heteroatoms. The molecular weight excluding hydrogens is 236 g/mol. The molecule has 2 unspecified atom stereocenters. The van der Waals surface area contributed by atoms with Gasteiger partial charge in [0, 0.05) is 24.7 Å². The van der Waals surface area contributed by atoms with Crippen molar-refractivity contribution in [3.63, 3.8) is 0 Å². The fraction of sp³-hybridized carbons (Fsp3) is 0.562. The molecule has 0 radical (unpaired) electrons. The van der Waals surface area contributed by atoms with Crippen LogP contribution in [0.5, 0.6) is 0 Å². The van der Waals surface area contributed by atoms with Crippen LogP contribution >= 0.6 is 0 Å². The predicted molar refractivity (Wildman–Crippen MR) is 77.8 cm³/mol. The zero-order chi connectivity index (χ0) is 13.8. The van der Waals surface area contributed by atoms with E-state index in [1.165, 1.54) is 12.8 Å². The van der Waals surface area contributed by atoms with Gasteiger partial charge < -0.3 is 10.6 Å². The summed E-state index contributed by atoms with van der Waals surface area (Å²) in [6.45, 7) is 5.78. The third kappa shape index (κ3) is 3.35. The molecule has 1 heterocycles. The molecule has 1 amide bonds. The molecule has 3 nitrogen and oxygen atoms in total. The van der Waals surface area contributed by atoms with E-state index in [0.717, 1.165) is 24.1 Å². The highest BCUT2D eigenvalue weighted by atomic mass is 16.2. The summed E-state index contributed by atoms with van der Waals surface area (Å²) in [5.74, 6) is 0.752. The molecule has 19 heavy (non-hydrogen) atoms. The second-order valence-electron chi connectivity index (χ2n) is 5.74. The van der Waals surface area contributed by atoms with Gasteiger partial charge >= 0.3 is 0 Å². The number of hydrogen-bond acceptors (Lipinski definition) is 2. The van der Waals surface area contributed by atoms with Gasteiger partial charge in [-0.05, 0) is 43.4 Å². The SMILES string of the molecule is CC1CCCC(C)N(C(=O)c2ccc(CN)cc2)C1. The van der Waals surface area contributed by atoms with E-state index in [1.54, 1.807) is 0 Å². The Morgan fingerprint density at radius 2 is 1.95 bits per heavy atom. The highest BCUT2D eigenvalue weighted by Crippen LogP contribution is 2.22. The maximum absolute atomic E-state index is 12.6. The van der Waals surface area contributed by atoms with Crippen LogP contribution in [0.2, 0.25) is 0 Å². The Balaban J connectivity index is 2.15. The summed E-state index contributed by atoms with van der Waals surface area (Å²) >= 11 is 0. The van der Waals surface area contributed by atoms with E-state index in [1.807, 2.05) is 29.2 Å². The molecule has 2 N–H and O–H groups in total. The van der Waals surface area contributed by atoms with E-state index in [4.69, 9.17) is 5.73 Å². The van der Waals surface area contributed by atoms with Crippen molar-refractivity contribution < 1.29 is 4.79 Å². The maximum atomic E-state index is 12.6. The van der Waals surface area contributed by atoms with Crippen molar-refractivity contribution in [1.29, 1.82) is 0 Å². The van der Waals surface area contributed by atoms with Crippen LogP contribution in [0.4, 0.5) is 0 Å². The van der Waals surface area contributed by atoms with Crippen molar-refractivity contribution in [2.24, 2.45) is 11.7 Å². The molecule has 1 aromatic carbocycles. The van der Waals surface area contributed by atoms with Gasteiger partial charge in [-0.1, -0.05) is 25.5 Å². The van der Waals surface area contributed by atoms with Crippen LogP contribution in [-0.2, 0) is 6.54 Å². The van der Waals surface area contributed by atoms with Crippen molar-refractivity contribution in [3.05, 3.63) is 35.4 Å². The van der Waals surface area contributed by atoms with E-state index in [9.17, 15) is 4.79 Å². The Bertz CT molecular complexity index is 427. The summed E-state index contributed by atoms with van der Waals surface area (Å²) < 4.78 is 0. The number of amides is 1. The normalized spacial score (nSPS) is 24.1. The molecule has 1 aliphatic rings. The Kier molecular flexibility index (Phi) is 4.59. The quantitative estimate of drug-likeness (QED) is 0.888. The van der Waals surface area contributed by atoms with Gasteiger partial charge in [-0.3, -0.25) is 4.79 Å². The van der Waals surface area contributed by atoms with Crippen LogP contribution in [0.25, 0.3) is 0 Å². The van der Waals surface area contributed by atoms with Gasteiger partial charge in [0.25, 0.3) is 5.91 Å². The van der Waals surface area contributed by atoms with E-state index in [0.29, 0.717) is 18.5 Å². The lowest BCUT2D eigenvalue weighted by molar-refractivity contribution is 0.0677. The molecule has 1 saturated heterocycles. The van der Waals surface area contributed by atoms with Crippen LogP contribution in [0.15, 0.2) is 24.3 Å². The first-order valence-electron chi connectivity index (χ1n) is 7.21. The van der Waals surface area contributed by atoms with Crippen molar-refractivity contribution in [1.82, 2.24) is 4.90 Å². The van der Waals surface area contributed by atoms with Gasteiger partial charge in [0.1, 0.15) is 0 Å². The smallest absolute Gasteiger partial charge is 0.254 e. The fourth-order valence-electron chi connectivity index (χ4n) is 2.76. The summed E-state index contributed by atoms with van der Waals surface area (Å²) in [7, 11) is 0. The van der Waals surface area contributed by atoms with Crippen LogP contribution in [0.3, 0.4) is 0 Å². The van der Waals surface area contributed by atoms with Crippen molar-refractivity contribution in [2.45, 2.75) is 45.7 Å². The van der Waals surface area contributed by atoms with Gasteiger partial charge in [-0.25, -0.2) is 0 Å². The number of likely N-dealkylation sites (tertiary alicyclic amines) is 1. The van der Waals surface area contributed by atoms with Crippen LogP contribution in [0.1, 0.15) is 49.0 Å². The highest BCUT2D eigenvalue weighted by molar-refractivity contribution is 5.94. The van der Waals surface area contributed by atoms with Crippen molar-refractivity contribution in [3.8, 4) is 0 Å². The minimum Gasteiger partial charge on any atom is -0.336 e. The molecule has 0 aliphatic carbocycles. The van der Waals surface area contributed by atoms with E-state index in [-0.39, 0.29) is 5.91 Å². The second kappa shape index (κ2) is 6.20. The van der Waals surface area contributed by atoms with Gasteiger partial charge in [-0.2, -0.15) is 0 Å². The number of rotatable bonds is 2. The molecule has 0 saturated carbocycles. The number of benzene rings is 1. The van der Waals surface area contributed by atoms with E-state index in [2.05, 4.69) is 13.8 Å². The number of carbonyl (C=O) groups excluding carboxylic acids is 1. The molecule has 1 aromatic rings. The molecule has 0 spiro atoms. The average molecular weight is 260 g/mol. The molecule has 0 bridgehead atoms. The monoisotopic (exact) mass is 260 g/mol. The molecular formula is C16H24N2O. The largest absolute Gasteiger partial charge is 0.336 e. The minimum absolute atomic E-state index is 0.157. The predicted octanol–water partition coefficient (Wildman–Crippen LogP) is 2.80. The third-order valence-electron chi connectivity index (χ3n) is 4.06. The molecule has 1 aliphatic heterocycles. The molecule has 2 rings (SSSR count). The number of carbonyl (C=O) groups is 1. The van der Waals surface area contributed by atoms with Crippen molar-refractivity contribution >= 4 is 5.91 Å². The zero-order valence-corrected chi connectivity index (χ0v) is 11.9. The van der Waals surface area contributed by atoms with E-state index < -0.39 is 0 Å². The Morgan fingerprint density at radius 3 is 2.58 bits per heavy atom. The summed E-state index contributed by atoms with van der Waals surface area (Å²) in [5, 5.41) is 0. The minimum atomic E-state index is 0.157. The van der Waals surface area contributed by atoms with Crippen molar-refractivity contribution in [2.75, 3.05) is 6.54 Å². The summed E-state index contributed by atoms with van der Waals surface area (Å²) in [6, 6.07) is 8.02. The summed E-state index contributed by atoms with van der Waals surface area (Å²) in [4.78, 5) is 14.6. The van der Waals surface area contributed by atoms with Gasteiger partial charge in [0.15, 0.2) is 0 Å². The Labute approximate surface area is 115 Å². The number of nitrogens with zero attached hydrogens (tertiary/aromatic N) is 1. The van der Waals surface area contributed by atoms with Crippen LogP contribution < -0.4 is 5.73 Å². The maximum Gasteiger partial charge on any atom is 0.254 e. The zero-order valence-electron chi connectivity index (χ0n) is 11.9. The second-order valence-corrected chi connectivity index (χ2v) is 5.74. The van der Waals surface area contributed by atoms with Crippen LogP contribution in [0, 0.1) is 5.92 Å². The van der Waals surface area contributed by atoms with Crippen LogP contribution in [-0.4, -0.2) is 23.4 Å². The molecule has 104 valence electrons. The average Bonchev–Trinajstić information content (AvgIpc) is 2.60. The number of hydrogen-bond donors (Lipinski definition) is 1. The fourth-order valence-corrected chi connectivity index (χ4v) is 2.76. The van der Waals surface area contributed by atoms with E-state index >= 15 is 0 Å². The standard InChI is InChI=1S/C16H24N2O/c1-12-4-3-5-13(2)18(11-12)16(19)15-8-6-14(10-17)7-9-15/h6-9,12-13H,3-5,10-11,17H2,1-2H3. The van der Waals surface area contributed by atoms with Gasteiger partial charge in [0.05, 0.1) is 0 Å². The lowest BCUT2D eigenvalue weighted by Crippen LogP contribution is -2.39. The Morgan fingerprint density at radius 1 is 1.26 bits per heavy atom. The first kappa shape index (κ1) is 14.1. The lowest BCUT2D eigenvalue weighted by Gasteiger charge is -2.28. The lowest BCUT2D eigenvalue weighted by atomic mass is 10.1. The molecule has 2 atom stereocenters. The summed E-state index contributed by atoms with van der Waals surface area (Å²) in [6.07, 6.45) is 3.55. The third-order valence-corrected chi connectivity index (χ3v) is 4.06. The van der Waals surface area contributed by atoms with Gasteiger partial charge in [-0.15, -0.1) is 0 Å². The summed E-state index contributed by atoms with van der Waals surface area (Å²) in [5.41, 5.74) is 7.42. The topological polar surface area (TPSA) is 46.3 Å². The van der Waals surface area contributed by atoms with Gasteiger partial charge in [0.2, 0.25) is 0 Å².